The first kappa shape index (κ1) is 47.2. The second-order valence-electron chi connectivity index (χ2n) is 14.4. The fourth-order valence-electron chi connectivity index (χ4n) is 6.90. The number of phosphoric ester groups is 2. The first-order valence-electron chi connectivity index (χ1n) is 19.2. The maximum atomic E-state index is 13.5. The van der Waals surface area contributed by atoms with Crippen molar-refractivity contribution in [3.63, 3.8) is 0 Å². The summed E-state index contributed by atoms with van der Waals surface area (Å²) in [5.74, 6) is -2.84. The topological polar surface area (TPSA) is 364 Å². The lowest BCUT2D eigenvalue weighted by Crippen LogP contribution is -2.42. The number of nitrogens with one attached hydrogen (secondary N) is 1. The van der Waals surface area contributed by atoms with Crippen molar-refractivity contribution < 1.29 is 71.1 Å². The number of imidazole rings is 1. The van der Waals surface area contributed by atoms with Gasteiger partial charge in [-0.05, 0) is 24.5 Å². The van der Waals surface area contributed by atoms with E-state index in [2.05, 4.69) is 36.4 Å². The zero-order valence-corrected chi connectivity index (χ0v) is 35.0. The van der Waals surface area contributed by atoms with Crippen LogP contribution in [0.3, 0.4) is 0 Å². The van der Waals surface area contributed by atoms with Crippen LogP contribution in [0.15, 0.2) is 72.7 Å². The Balaban J connectivity index is 1.17. The first-order valence-corrected chi connectivity index (χ1v) is 22.2. The zero-order valence-electron chi connectivity index (χ0n) is 33.2. The molecule has 0 bridgehead atoms. The highest BCUT2D eigenvalue weighted by Crippen LogP contribution is 2.50. The summed E-state index contributed by atoms with van der Waals surface area (Å²) in [4.78, 5) is 97.2. The average molecular weight is 922 g/mol. The molecule has 9 N–H and O–H groups in total. The molecule has 25 nitrogen and oxygen atoms in total. The number of benzene rings is 1. The van der Waals surface area contributed by atoms with Crippen LogP contribution in [-0.4, -0.2) is 117 Å². The second kappa shape index (κ2) is 20.5. The van der Waals surface area contributed by atoms with Crippen molar-refractivity contribution in [2.75, 3.05) is 31.2 Å². The molecule has 1 amide bonds. The van der Waals surface area contributed by atoms with Gasteiger partial charge in [-0.3, -0.25) is 37.1 Å². The van der Waals surface area contributed by atoms with Gasteiger partial charge >= 0.3 is 27.3 Å². The predicted molar refractivity (Wildman–Crippen MR) is 215 cm³/mol. The molecule has 0 aliphatic carbocycles. The molecule has 5 heterocycles. The molecule has 6 rings (SSSR count). The van der Waals surface area contributed by atoms with Crippen molar-refractivity contribution >= 4 is 56.1 Å². The van der Waals surface area contributed by atoms with E-state index in [1.807, 2.05) is 0 Å². The summed E-state index contributed by atoms with van der Waals surface area (Å²) in [6.45, 7) is 1.14. The van der Waals surface area contributed by atoms with Gasteiger partial charge in [0.05, 0.1) is 19.5 Å². The number of hydrogen-bond acceptors (Lipinski definition) is 19. The van der Waals surface area contributed by atoms with Crippen molar-refractivity contribution in [1.82, 2.24) is 34.4 Å². The molecule has 63 heavy (non-hydrogen) atoms. The van der Waals surface area contributed by atoms with E-state index >= 15 is 0 Å². The number of nitrogens with zero attached hydrogens (tertiary/aromatic N) is 6. The Morgan fingerprint density at radius 2 is 1.76 bits per heavy atom. The van der Waals surface area contributed by atoms with Crippen LogP contribution in [0.25, 0.3) is 11.2 Å². The summed E-state index contributed by atoms with van der Waals surface area (Å²) in [7, 11) is -10.3. The minimum Gasteiger partial charge on any atom is -0.455 e. The van der Waals surface area contributed by atoms with Crippen molar-refractivity contribution in [3.8, 4) is 0 Å². The average Bonchev–Trinajstić information content (AvgIpc) is 3.92. The van der Waals surface area contributed by atoms with Gasteiger partial charge in [0.1, 0.15) is 60.6 Å². The largest absolute Gasteiger partial charge is 0.472 e. The van der Waals surface area contributed by atoms with Gasteiger partial charge in [-0.1, -0.05) is 36.4 Å². The van der Waals surface area contributed by atoms with Gasteiger partial charge in [-0.25, -0.2) is 28.9 Å². The number of carbonyl (C=O) groups excluding carboxylic acids is 3. The van der Waals surface area contributed by atoms with E-state index in [9.17, 15) is 48.1 Å². The molecule has 1 aromatic carbocycles. The number of ether oxygens (including phenoxy) is 3. The van der Waals surface area contributed by atoms with Crippen LogP contribution in [0.4, 0.5) is 11.6 Å². The van der Waals surface area contributed by atoms with Gasteiger partial charge in [0.25, 0.3) is 0 Å². The van der Waals surface area contributed by atoms with Gasteiger partial charge in [0.2, 0.25) is 5.91 Å². The van der Waals surface area contributed by atoms with E-state index in [0.29, 0.717) is 6.42 Å². The van der Waals surface area contributed by atoms with Crippen LogP contribution in [-0.2, 0) is 57.7 Å². The summed E-state index contributed by atoms with van der Waals surface area (Å²) < 4.78 is 59.7. The van der Waals surface area contributed by atoms with E-state index in [1.165, 1.54) is 23.2 Å². The fraction of sp³-hybridized carbons (Fsp3) is 0.444. The third kappa shape index (κ3) is 12.5. The molecule has 4 aromatic rings. The van der Waals surface area contributed by atoms with Crippen LogP contribution in [0.5, 0.6) is 0 Å². The van der Waals surface area contributed by atoms with Crippen molar-refractivity contribution in [2.24, 2.45) is 5.92 Å². The second-order valence-corrected chi connectivity index (χ2v) is 17.0. The van der Waals surface area contributed by atoms with E-state index in [0.717, 1.165) is 16.5 Å². The van der Waals surface area contributed by atoms with Gasteiger partial charge < -0.3 is 50.8 Å². The molecule has 2 fully saturated rings. The highest BCUT2D eigenvalue weighted by Gasteiger charge is 2.50. The maximum absolute atomic E-state index is 13.5. The summed E-state index contributed by atoms with van der Waals surface area (Å²) in [6.07, 6.45) is -5.03. The highest BCUT2D eigenvalue weighted by molar-refractivity contribution is 7.47. The third-order valence-corrected chi connectivity index (χ3v) is 11.4. The number of aliphatic hydroxyl groups is 1. The molecule has 2 aliphatic rings. The molecule has 27 heteroatoms. The lowest BCUT2D eigenvalue weighted by atomic mass is 9.92. The van der Waals surface area contributed by atoms with E-state index < -0.39 is 102 Å². The van der Waals surface area contributed by atoms with Crippen LogP contribution < -0.4 is 22.5 Å². The summed E-state index contributed by atoms with van der Waals surface area (Å²) in [6, 6.07) is 10.2. The van der Waals surface area contributed by atoms with E-state index in [-0.39, 0.29) is 54.3 Å². The molecule has 0 saturated carbocycles. The number of allylic oxidation sites excluding steroid dienone is 1. The van der Waals surface area contributed by atoms with E-state index in [1.54, 1.807) is 36.4 Å². The van der Waals surface area contributed by atoms with Crippen molar-refractivity contribution in [2.45, 2.75) is 75.1 Å². The molecule has 340 valence electrons. The quantitative estimate of drug-likeness (QED) is 0.0334. The number of ketones is 1. The number of aliphatic hydroxyl groups excluding tert-OH is 1. The first-order chi connectivity index (χ1) is 29.9. The third-order valence-electron chi connectivity index (χ3n) is 9.86. The van der Waals surface area contributed by atoms with Gasteiger partial charge in [-0.15, -0.1) is 6.58 Å². The number of fused-ring (bicyclic) bond motifs is 1. The molecule has 3 unspecified atom stereocenters. The maximum Gasteiger partial charge on any atom is 0.472 e. The van der Waals surface area contributed by atoms with Crippen molar-refractivity contribution in [1.29, 1.82) is 0 Å². The van der Waals surface area contributed by atoms with Crippen molar-refractivity contribution in [3.05, 3.63) is 84.0 Å². The Morgan fingerprint density at radius 3 is 2.48 bits per heavy atom. The minimum absolute atomic E-state index is 0.00339. The molecule has 0 spiro atoms. The number of hydrogen-bond donors (Lipinski definition) is 7. The smallest absolute Gasteiger partial charge is 0.455 e. The standard InChI is InChI=1S/C36H45N9O16P2/c1-2-3-9-22(46)13-21(12-20-7-5-4-6-8-20)34(49)39-15-28(47)60-31-25(59-35(30(31)48)45-19-42-29-32(38)40-18-41-33(29)45)17-57-63(54,55)61-23-14-27(44-11-10-26(37)43-36(44)50)58-24(23)16-56-62(51,52)53/h2,4-8,10-11,18-19,21,23-25,27,30-31,35,48H,1,3,9,12-17H2,(H,39,49)(H,54,55)(H2,37,43,50)(H2,38,40,41)(H2,51,52,53)/t21-,23?,24-,25-,27-,30+,31?,35-/m1/s1. The lowest BCUT2D eigenvalue weighted by Gasteiger charge is -2.24. The number of carbonyl (C=O) groups is 3. The molecule has 2 aliphatic heterocycles. The van der Waals surface area contributed by atoms with Crippen LogP contribution in [0.2, 0.25) is 0 Å². The Kier molecular flexibility index (Phi) is 15.3. The summed E-state index contributed by atoms with van der Waals surface area (Å²) in [5.41, 5.74) is 11.6. The summed E-state index contributed by atoms with van der Waals surface area (Å²) >= 11 is 0. The number of nitrogen functional groups attached to an aromatic ring is 2. The number of nitrogens with two attached hydrogens (primary N) is 2. The monoisotopic (exact) mass is 921 g/mol. The summed E-state index contributed by atoms with van der Waals surface area (Å²) in [5, 5.41) is 14.0. The van der Waals surface area contributed by atoms with E-state index in [4.69, 9.17) is 34.7 Å². The molecule has 9 atom stereocenters. The van der Waals surface area contributed by atoms with Crippen LogP contribution in [0, 0.1) is 5.92 Å². The zero-order chi connectivity index (χ0) is 45.5. The number of aromatic nitrogens is 6. The SMILES string of the molecule is C=CCCC(=O)C[C@@H](Cc1ccccc1)C(=O)NCC(=O)OC1[C@@H](COP(=O)(O)OC2C[C@H](n3ccc(N)nc3=O)O[C@@H]2COP(=O)(O)O)O[C@@H](n2cnc3c(N)ncnc32)[C@H]1O. The predicted octanol–water partition coefficient (Wildman–Crippen LogP) is 0.217. The number of esters is 1. The Hall–Kier alpha value is -5.30. The number of Topliss-reactive ketones (excluding diaryl/α,β-unsaturated/α-hetero) is 1. The molecule has 0 radical (unpaired) electrons. The normalized spacial score (nSPS) is 23.8. The lowest BCUT2D eigenvalue weighted by molar-refractivity contribution is -0.156. The molecule has 3 aromatic heterocycles. The van der Waals surface area contributed by atoms with Crippen LogP contribution >= 0.6 is 15.6 Å². The fourth-order valence-corrected chi connectivity index (χ4v) is 8.20. The van der Waals surface area contributed by atoms with Gasteiger partial charge in [-0.2, -0.15) is 4.98 Å². The van der Waals surface area contributed by atoms with Gasteiger partial charge in [0, 0.05) is 31.4 Å². The minimum atomic E-state index is -5.23. The number of anilines is 2. The van der Waals surface area contributed by atoms with Crippen LogP contribution in [0.1, 0.15) is 43.7 Å². The number of amides is 1. The molecular weight excluding hydrogens is 876 g/mol. The number of phosphoric acid groups is 2. The Bertz CT molecular complexity index is 2430. The Labute approximate surface area is 357 Å². The number of rotatable bonds is 21. The molecule has 2 saturated heterocycles. The molecular formula is C36H45N9O16P2. The Morgan fingerprint density at radius 1 is 1.02 bits per heavy atom. The highest BCUT2D eigenvalue weighted by atomic mass is 31.2. The van der Waals surface area contributed by atoms with Gasteiger partial charge in [0.15, 0.2) is 23.8 Å².